The standard InChI is InChI=1S/C20H22N4O2/c1-13-7-6-8-16(11-13)22-19(26)12-24-18-10-5-4-9-17(18)23-20(24)14(2)21-15(3)25/h4-11,14H,12H2,1-3H3,(H,21,25)(H,22,26). The summed E-state index contributed by atoms with van der Waals surface area (Å²) >= 11 is 0. The van der Waals surface area contributed by atoms with Crippen LogP contribution in [0, 0.1) is 6.92 Å². The Morgan fingerprint density at radius 1 is 1.15 bits per heavy atom. The first-order valence-electron chi connectivity index (χ1n) is 8.53. The molecule has 2 N–H and O–H groups in total. The highest BCUT2D eigenvalue weighted by Gasteiger charge is 2.19. The van der Waals surface area contributed by atoms with E-state index in [-0.39, 0.29) is 24.4 Å². The number of nitrogens with zero attached hydrogens (tertiary/aromatic N) is 2. The van der Waals surface area contributed by atoms with Crippen molar-refractivity contribution >= 4 is 28.5 Å². The molecule has 0 saturated carbocycles. The zero-order valence-corrected chi connectivity index (χ0v) is 15.1. The lowest BCUT2D eigenvalue weighted by molar-refractivity contribution is -0.119. The van der Waals surface area contributed by atoms with Crippen molar-refractivity contribution < 1.29 is 9.59 Å². The third-order valence-electron chi connectivity index (χ3n) is 4.09. The van der Waals surface area contributed by atoms with Gasteiger partial charge in [0.05, 0.1) is 17.1 Å². The Labute approximate surface area is 152 Å². The molecule has 134 valence electrons. The number of fused-ring (bicyclic) bond motifs is 1. The van der Waals surface area contributed by atoms with Crippen LogP contribution in [-0.4, -0.2) is 21.4 Å². The van der Waals surface area contributed by atoms with Crippen molar-refractivity contribution in [3.8, 4) is 0 Å². The summed E-state index contributed by atoms with van der Waals surface area (Å²) in [5.41, 5.74) is 3.49. The lowest BCUT2D eigenvalue weighted by Gasteiger charge is -2.15. The summed E-state index contributed by atoms with van der Waals surface area (Å²) in [6.45, 7) is 5.42. The number of carbonyl (C=O) groups is 2. The van der Waals surface area contributed by atoms with Gasteiger partial charge in [-0.2, -0.15) is 0 Å². The van der Waals surface area contributed by atoms with Gasteiger partial charge in [-0.05, 0) is 43.7 Å². The summed E-state index contributed by atoms with van der Waals surface area (Å²) in [7, 11) is 0. The van der Waals surface area contributed by atoms with Crippen LogP contribution in [0.15, 0.2) is 48.5 Å². The molecule has 1 unspecified atom stereocenters. The van der Waals surface area contributed by atoms with Crippen molar-refractivity contribution in [2.24, 2.45) is 0 Å². The second kappa shape index (κ2) is 7.39. The molecule has 0 spiro atoms. The summed E-state index contributed by atoms with van der Waals surface area (Å²) in [5, 5.41) is 5.75. The summed E-state index contributed by atoms with van der Waals surface area (Å²) < 4.78 is 1.85. The number of benzene rings is 2. The van der Waals surface area contributed by atoms with Crippen molar-refractivity contribution in [1.82, 2.24) is 14.9 Å². The third kappa shape index (κ3) is 3.91. The second-order valence-corrected chi connectivity index (χ2v) is 6.38. The number of aromatic nitrogens is 2. The average Bonchev–Trinajstić information content (AvgIpc) is 2.93. The van der Waals surface area contributed by atoms with Crippen LogP contribution in [0.4, 0.5) is 5.69 Å². The number of carbonyl (C=O) groups excluding carboxylic acids is 2. The number of para-hydroxylation sites is 2. The lowest BCUT2D eigenvalue weighted by atomic mass is 10.2. The highest BCUT2D eigenvalue weighted by molar-refractivity contribution is 5.91. The van der Waals surface area contributed by atoms with Crippen LogP contribution in [0.1, 0.15) is 31.3 Å². The van der Waals surface area contributed by atoms with Gasteiger partial charge in [-0.15, -0.1) is 0 Å². The fourth-order valence-electron chi connectivity index (χ4n) is 3.03. The maximum atomic E-state index is 12.6. The molecule has 26 heavy (non-hydrogen) atoms. The highest BCUT2D eigenvalue weighted by atomic mass is 16.2. The Hall–Kier alpha value is -3.15. The second-order valence-electron chi connectivity index (χ2n) is 6.38. The van der Waals surface area contributed by atoms with E-state index in [1.165, 1.54) is 6.92 Å². The van der Waals surface area contributed by atoms with Crippen molar-refractivity contribution in [2.45, 2.75) is 33.4 Å². The Balaban J connectivity index is 1.90. The molecule has 0 radical (unpaired) electrons. The molecule has 1 aromatic heterocycles. The molecule has 2 aromatic carbocycles. The van der Waals surface area contributed by atoms with Gasteiger partial charge >= 0.3 is 0 Å². The van der Waals surface area contributed by atoms with Gasteiger partial charge < -0.3 is 15.2 Å². The minimum Gasteiger partial charge on any atom is -0.347 e. The van der Waals surface area contributed by atoms with Crippen LogP contribution in [0.5, 0.6) is 0 Å². The average molecular weight is 350 g/mol. The third-order valence-corrected chi connectivity index (χ3v) is 4.09. The number of amides is 2. The molecule has 0 saturated heterocycles. The zero-order valence-electron chi connectivity index (χ0n) is 15.1. The van der Waals surface area contributed by atoms with Gasteiger partial charge in [0, 0.05) is 12.6 Å². The Morgan fingerprint density at radius 3 is 2.65 bits per heavy atom. The Kier molecular flexibility index (Phi) is 5.02. The van der Waals surface area contributed by atoms with E-state index in [9.17, 15) is 9.59 Å². The van der Waals surface area contributed by atoms with E-state index in [0.717, 1.165) is 22.3 Å². The fourth-order valence-corrected chi connectivity index (χ4v) is 3.03. The summed E-state index contributed by atoms with van der Waals surface area (Å²) in [4.78, 5) is 28.6. The molecule has 6 heteroatoms. The van der Waals surface area contributed by atoms with E-state index in [4.69, 9.17) is 0 Å². The van der Waals surface area contributed by atoms with Crippen LogP contribution >= 0.6 is 0 Å². The van der Waals surface area contributed by atoms with Crippen LogP contribution < -0.4 is 10.6 Å². The van der Waals surface area contributed by atoms with Gasteiger partial charge in [-0.1, -0.05) is 24.3 Å². The van der Waals surface area contributed by atoms with E-state index in [0.29, 0.717) is 5.82 Å². The monoisotopic (exact) mass is 350 g/mol. The normalized spacial score (nSPS) is 12.0. The maximum Gasteiger partial charge on any atom is 0.244 e. The largest absolute Gasteiger partial charge is 0.347 e. The maximum absolute atomic E-state index is 12.6. The van der Waals surface area contributed by atoms with Gasteiger partial charge in [-0.3, -0.25) is 9.59 Å². The SMILES string of the molecule is CC(=O)NC(C)c1nc2ccccc2n1CC(=O)Nc1cccc(C)c1. The van der Waals surface area contributed by atoms with Crippen molar-refractivity contribution in [3.63, 3.8) is 0 Å². The zero-order chi connectivity index (χ0) is 18.7. The van der Waals surface area contributed by atoms with E-state index >= 15 is 0 Å². The van der Waals surface area contributed by atoms with Crippen molar-refractivity contribution in [3.05, 3.63) is 59.9 Å². The highest BCUT2D eigenvalue weighted by Crippen LogP contribution is 2.21. The molecular formula is C20H22N4O2. The molecule has 6 nitrogen and oxygen atoms in total. The van der Waals surface area contributed by atoms with Gasteiger partial charge in [0.1, 0.15) is 12.4 Å². The number of hydrogen-bond acceptors (Lipinski definition) is 3. The predicted molar refractivity (Wildman–Crippen MR) is 102 cm³/mol. The fraction of sp³-hybridized carbons (Fsp3) is 0.250. The van der Waals surface area contributed by atoms with Gasteiger partial charge in [-0.25, -0.2) is 4.98 Å². The molecule has 0 aliphatic carbocycles. The molecule has 1 heterocycles. The first-order valence-corrected chi connectivity index (χ1v) is 8.53. The number of aryl methyl sites for hydroxylation is 1. The molecule has 2 amide bonds. The molecule has 3 aromatic rings. The van der Waals surface area contributed by atoms with Crippen LogP contribution in [-0.2, 0) is 16.1 Å². The summed E-state index contributed by atoms with van der Waals surface area (Å²) in [6.07, 6.45) is 0. The smallest absolute Gasteiger partial charge is 0.244 e. The summed E-state index contributed by atoms with van der Waals surface area (Å²) in [6, 6.07) is 15.0. The lowest BCUT2D eigenvalue weighted by Crippen LogP contribution is -2.28. The molecular weight excluding hydrogens is 328 g/mol. The number of nitrogens with one attached hydrogen (secondary N) is 2. The first-order chi connectivity index (χ1) is 12.4. The summed E-state index contributed by atoms with van der Waals surface area (Å²) in [5.74, 6) is 0.371. The molecule has 0 aliphatic heterocycles. The minimum absolute atomic E-state index is 0.119. The Bertz CT molecular complexity index is 961. The van der Waals surface area contributed by atoms with Crippen molar-refractivity contribution in [1.29, 1.82) is 0 Å². The number of hydrogen-bond donors (Lipinski definition) is 2. The van der Waals surface area contributed by atoms with E-state index in [2.05, 4.69) is 15.6 Å². The topological polar surface area (TPSA) is 76.0 Å². The van der Waals surface area contributed by atoms with Gasteiger partial charge in [0.15, 0.2) is 0 Å². The van der Waals surface area contributed by atoms with Crippen LogP contribution in [0.2, 0.25) is 0 Å². The minimum atomic E-state index is -0.299. The van der Waals surface area contributed by atoms with Crippen LogP contribution in [0.25, 0.3) is 11.0 Å². The number of anilines is 1. The molecule has 0 bridgehead atoms. The van der Waals surface area contributed by atoms with Gasteiger partial charge in [0.25, 0.3) is 0 Å². The molecule has 3 rings (SSSR count). The van der Waals surface area contributed by atoms with Gasteiger partial charge in [0.2, 0.25) is 11.8 Å². The van der Waals surface area contributed by atoms with E-state index < -0.39 is 0 Å². The Morgan fingerprint density at radius 2 is 1.92 bits per heavy atom. The van der Waals surface area contributed by atoms with E-state index in [1.54, 1.807) is 0 Å². The van der Waals surface area contributed by atoms with E-state index in [1.807, 2.05) is 66.9 Å². The number of imidazole rings is 1. The van der Waals surface area contributed by atoms with Crippen molar-refractivity contribution in [2.75, 3.05) is 5.32 Å². The molecule has 1 atom stereocenters. The predicted octanol–water partition coefficient (Wildman–Crippen LogP) is 3.18. The molecule has 0 fully saturated rings. The van der Waals surface area contributed by atoms with Crippen LogP contribution in [0.3, 0.4) is 0 Å². The quantitative estimate of drug-likeness (QED) is 0.742. The number of rotatable bonds is 5. The molecule has 0 aliphatic rings. The first kappa shape index (κ1) is 17.7.